The standard InChI is InChI=1S/C26H34N2O4/c1-4-24(26(30)27-21-9-5-6-10-21)28(17-20-12-14-22(31-3)15-13-20)25(29)18-32-23-11-7-8-19(2)16-23/h7-8,11-16,21,24H,4-6,9-10,17-18H2,1-3H3,(H,27,30). The second-order valence-electron chi connectivity index (χ2n) is 8.39. The summed E-state index contributed by atoms with van der Waals surface area (Å²) in [6.07, 6.45) is 4.82. The van der Waals surface area contributed by atoms with Crippen molar-refractivity contribution in [2.24, 2.45) is 0 Å². The van der Waals surface area contributed by atoms with Crippen LogP contribution in [0.5, 0.6) is 11.5 Å². The van der Waals surface area contributed by atoms with E-state index < -0.39 is 6.04 Å². The molecular formula is C26H34N2O4. The summed E-state index contributed by atoms with van der Waals surface area (Å²) in [6, 6.07) is 14.8. The van der Waals surface area contributed by atoms with Crippen LogP contribution in [0, 0.1) is 6.92 Å². The Morgan fingerprint density at radius 3 is 2.44 bits per heavy atom. The highest BCUT2D eigenvalue weighted by Gasteiger charge is 2.30. The first-order chi connectivity index (χ1) is 15.5. The van der Waals surface area contributed by atoms with Crippen molar-refractivity contribution in [3.05, 3.63) is 59.7 Å². The van der Waals surface area contributed by atoms with Crippen molar-refractivity contribution in [3.63, 3.8) is 0 Å². The van der Waals surface area contributed by atoms with Crippen LogP contribution in [0.2, 0.25) is 0 Å². The average Bonchev–Trinajstić information content (AvgIpc) is 3.31. The topological polar surface area (TPSA) is 67.9 Å². The molecule has 2 amide bonds. The number of ether oxygens (including phenoxy) is 2. The summed E-state index contributed by atoms with van der Waals surface area (Å²) in [5, 5.41) is 3.16. The van der Waals surface area contributed by atoms with Crippen LogP contribution in [-0.4, -0.2) is 42.5 Å². The van der Waals surface area contributed by atoms with Crippen molar-refractivity contribution in [2.75, 3.05) is 13.7 Å². The van der Waals surface area contributed by atoms with E-state index in [4.69, 9.17) is 9.47 Å². The van der Waals surface area contributed by atoms with Crippen molar-refractivity contribution in [1.82, 2.24) is 10.2 Å². The normalized spacial score (nSPS) is 14.6. The van der Waals surface area contributed by atoms with Crippen molar-refractivity contribution < 1.29 is 19.1 Å². The summed E-state index contributed by atoms with van der Waals surface area (Å²) in [4.78, 5) is 28.0. The van der Waals surface area contributed by atoms with Gasteiger partial charge >= 0.3 is 0 Å². The minimum Gasteiger partial charge on any atom is -0.497 e. The van der Waals surface area contributed by atoms with E-state index in [1.54, 1.807) is 12.0 Å². The van der Waals surface area contributed by atoms with Gasteiger partial charge in [-0.1, -0.05) is 44.0 Å². The number of aryl methyl sites for hydroxylation is 1. The molecule has 0 radical (unpaired) electrons. The SMILES string of the molecule is CCC(C(=O)NC1CCCC1)N(Cc1ccc(OC)cc1)C(=O)COc1cccc(C)c1. The number of hydrogen-bond donors (Lipinski definition) is 1. The predicted octanol–water partition coefficient (Wildman–Crippen LogP) is 4.25. The van der Waals surface area contributed by atoms with E-state index in [1.807, 2.05) is 62.4 Å². The van der Waals surface area contributed by atoms with Gasteiger partial charge in [0.05, 0.1) is 7.11 Å². The Labute approximate surface area is 190 Å². The number of carbonyl (C=O) groups is 2. The van der Waals surface area contributed by atoms with E-state index in [0.717, 1.165) is 42.6 Å². The Bertz CT molecular complexity index is 891. The maximum Gasteiger partial charge on any atom is 0.261 e. The van der Waals surface area contributed by atoms with Gasteiger partial charge in [0, 0.05) is 12.6 Å². The zero-order chi connectivity index (χ0) is 22.9. The van der Waals surface area contributed by atoms with Crippen molar-refractivity contribution >= 4 is 11.8 Å². The highest BCUT2D eigenvalue weighted by molar-refractivity contribution is 5.88. The van der Waals surface area contributed by atoms with Crippen LogP contribution in [0.15, 0.2) is 48.5 Å². The second kappa shape index (κ2) is 11.6. The van der Waals surface area contributed by atoms with Gasteiger partial charge in [-0.15, -0.1) is 0 Å². The summed E-state index contributed by atoms with van der Waals surface area (Å²) in [5.41, 5.74) is 1.99. The van der Waals surface area contributed by atoms with Crippen LogP contribution >= 0.6 is 0 Å². The average molecular weight is 439 g/mol. The van der Waals surface area contributed by atoms with Gasteiger partial charge in [0.25, 0.3) is 5.91 Å². The highest BCUT2D eigenvalue weighted by atomic mass is 16.5. The molecule has 0 aromatic heterocycles. The Morgan fingerprint density at radius 2 is 1.81 bits per heavy atom. The smallest absolute Gasteiger partial charge is 0.261 e. The minimum absolute atomic E-state index is 0.0863. The maximum absolute atomic E-state index is 13.3. The van der Waals surface area contributed by atoms with Gasteiger partial charge in [-0.3, -0.25) is 9.59 Å². The van der Waals surface area contributed by atoms with E-state index in [2.05, 4.69) is 5.32 Å². The van der Waals surface area contributed by atoms with Gasteiger partial charge in [0.2, 0.25) is 5.91 Å². The summed E-state index contributed by atoms with van der Waals surface area (Å²) in [6.45, 7) is 4.13. The van der Waals surface area contributed by atoms with Crippen LogP contribution < -0.4 is 14.8 Å². The van der Waals surface area contributed by atoms with Crippen LogP contribution in [0.3, 0.4) is 0 Å². The highest BCUT2D eigenvalue weighted by Crippen LogP contribution is 2.20. The van der Waals surface area contributed by atoms with Gasteiger partial charge in [0.1, 0.15) is 17.5 Å². The number of hydrogen-bond acceptors (Lipinski definition) is 4. The van der Waals surface area contributed by atoms with Gasteiger partial charge in [-0.2, -0.15) is 0 Å². The van der Waals surface area contributed by atoms with Crippen LogP contribution in [0.4, 0.5) is 0 Å². The molecule has 0 spiro atoms. The lowest BCUT2D eigenvalue weighted by Crippen LogP contribution is -2.52. The number of benzene rings is 2. The summed E-state index contributed by atoms with van der Waals surface area (Å²) >= 11 is 0. The number of amides is 2. The molecule has 32 heavy (non-hydrogen) atoms. The molecule has 2 aromatic carbocycles. The second-order valence-corrected chi connectivity index (χ2v) is 8.39. The third-order valence-corrected chi connectivity index (χ3v) is 5.95. The lowest BCUT2D eigenvalue weighted by molar-refractivity contribution is -0.143. The summed E-state index contributed by atoms with van der Waals surface area (Å²) in [7, 11) is 1.62. The third kappa shape index (κ3) is 6.49. The molecule has 2 aromatic rings. The fraction of sp³-hybridized carbons (Fsp3) is 0.462. The Hall–Kier alpha value is -3.02. The molecule has 0 bridgehead atoms. The molecule has 0 saturated heterocycles. The van der Waals surface area contributed by atoms with Crippen molar-refractivity contribution in [3.8, 4) is 11.5 Å². The van der Waals surface area contributed by atoms with Gasteiger partial charge in [-0.05, 0) is 61.6 Å². The first-order valence-corrected chi connectivity index (χ1v) is 11.4. The van der Waals surface area contributed by atoms with Crippen molar-refractivity contribution in [1.29, 1.82) is 0 Å². The fourth-order valence-electron chi connectivity index (χ4n) is 4.15. The van der Waals surface area contributed by atoms with Crippen LogP contribution in [0.25, 0.3) is 0 Å². The molecule has 1 saturated carbocycles. The maximum atomic E-state index is 13.3. The minimum atomic E-state index is -0.550. The largest absolute Gasteiger partial charge is 0.497 e. The molecule has 6 nitrogen and oxygen atoms in total. The monoisotopic (exact) mass is 438 g/mol. The van der Waals surface area contributed by atoms with Crippen molar-refractivity contribution in [2.45, 2.75) is 64.6 Å². The Morgan fingerprint density at radius 1 is 1.09 bits per heavy atom. The predicted molar refractivity (Wildman–Crippen MR) is 125 cm³/mol. The molecule has 0 aliphatic heterocycles. The van der Waals surface area contributed by atoms with E-state index in [1.165, 1.54) is 0 Å². The van der Waals surface area contributed by atoms with E-state index in [0.29, 0.717) is 18.7 Å². The quantitative estimate of drug-likeness (QED) is 0.602. The Balaban J connectivity index is 1.75. The zero-order valence-electron chi connectivity index (χ0n) is 19.3. The molecule has 0 heterocycles. The van der Waals surface area contributed by atoms with E-state index in [9.17, 15) is 9.59 Å². The molecule has 6 heteroatoms. The lowest BCUT2D eigenvalue weighted by Gasteiger charge is -2.31. The van der Waals surface area contributed by atoms with Gasteiger partial charge in [-0.25, -0.2) is 0 Å². The number of carbonyl (C=O) groups excluding carboxylic acids is 2. The van der Waals surface area contributed by atoms with E-state index in [-0.39, 0.29) is 24.5 Å². The van der Waals surface area contributed by atoms with Crippen LogP contribution in [-0.2, 0) is 16.1 Å². The lowest BCUT2D eigenvalue weighted by atomic mass is 10.1. The Kier molecular flexibility index (Phi) is 8.54. The molecule has 1 atom stereocenters. The van der Waals surface area contributed by atoms with Crippen LogP contribution in [0.1, 0.15) is 50.2 Å². The first-order valence-electron chi connectivity index (χ1n) is 11.4. The van der Waals surface area contributed by atoms with Gasteiger partial charge < -0.3 is 19.7 Å². The van der Waals surface area contributed by atoms with E-state index >= 15 is 0 Å². The molecule has 172 valence electrons. The summed E-state index contributed by atoms with van der Waals surface area (Å²) in [5.74, 6) is 1.10. The molecule has 3 rings (SSSR count). The zero-order valence-corrected chi connectivity index (χ0v) is 19.3. The first kappa shape index (κ1) is 23.6. The molecule has 1 N–H and O–H groups in total. The van der Waals surface area contributed by atoms with Gasteiger partial charge in [0.15, 0.2) is 6.61 Å². The molecular weight excluding hydrogens is 404 g/mol. The molecule has 1 fully saturated rings. The third-order valence-electron chi connectivity index (χ3n) is 5.95. The molecule has 1 unspecified atom stereocenters. The molecule has 1 aliphatic rings. The fourth-order valence-corrected chi connectivity index (χ4v) is 4.15. The molecule has 1 aliphatic carbocycles. The number of nitrogens with zero attached hydrogens (tertiary/aromatic N) is 1. The number of rotatable bonds is 10. The summed E-state index contributed by atoms with van der Waals surface area (Å²) < 4.78 is 11.0. The number of methoxy groups -OCH3 is 1. The number of nitrogens with one attached hydrogen (secondary N) is 1.